The number of nitrogens with one attached hydrogen (secondary N) is 1. The Labute approximate surface area is 112 Å². The number of halogens is 1. The second kappa shape index (κ2) is 5.69. The maximum atomic E-state index is 11.2. The first kappa shape index (κ1) is 12.7. The predicted molar refractivity (Wildman–Crippen MR) is 75.0 cm³/mol. The van der Waals surface area contributed by atoms with Gasteiger partial charge in [0.25, 0.3) is 0 Å². The Balaban J connectivity index is 2.30. The number of carbonyl (C=O) groups excluding carboxylic acids is 1. The van der Waals surface area contributed by atoms with Crippen molar-refractivity contribution in [3.63, 3.8) is 0 Å². The van der Waals surface area contributed by atoms with Gasteiger partial charge in [-0.15, -0.1) is 0 Å². The molecule has 2 nitrogen and oxygen atoms in total. The molecule has 18 heavy (non-hydrogen) atoms. The minimum atomic E-state index is -0.0772. The van der Waals surface area contributed by atoms with Crippen LogP contribution in [0.1, 0.15) is 18.1 Å². The maximum Gasteiger partial charge on any atom is 0.221 e. The third-order valence-electron chi connectivity index (χ3n) is 2.62. The summed E-state index contributed by atoms with van der Waals surface area (Å²) in [5.41, 5.74) is 3.02. The van der Waals surface area contributed by atoms with Crippen molar-refractivity contribution < 1.29 is 4.79 Å². The molecule has 0 bridgehead atoms. The second-order valence-electron chi connectivity index (χ2n) is 4.15. The summed E-state index contributed by atoms with van der Waals surface area (Å²) in [6.45, 7) is 1.50. The Morgan fingerprint density at radius 3 is 2.56 bits per heavy atom. The first-order chi connectivity index (χ1) is 8.65. The highest BCUT2D eigenvalue weighted by atomic mass is 35.5. The van der Waals surface area contributed by atoms with E-state index in [-0.39, 0.29) is 5.91 Å². The molecule has 0 heterocycles. The van der Waals surface area contributed by atoms with Gasteiger partial charge in [0.05, 0.1) is 0 Å². The van der Waals surface area contributed by atoms with Crippen molar-refractivity contribution in [2.75, 3.05) is 5.32 Å². The van der Waals surface area contributed by atoms with Crippen LogP contribution in [0.2, 0.25) is 5.02 Å². The Morgan fingerprint density at radius 1 is 1.17 bits per heavy atom. The summed E-state index contributed by atoms with van der Waals surface area (Å²) in [6, 6.07) is 15.6. The lowest BCUT2D eigenvalue weighted by Crippen LogP contribution is -2.08. The van der Waals surface area contributed by atoms with Gasteiger partial charge in [-0.2, -0.15) is 0 Å². The summed E-state index contributed by atoms with van der Waals surface area (Å²) in [5.74, 6) is -0.0772. The zero-order valence-corrected chi connectivity index (χ0v) is 10.9. The van der Waals surface area contributed by atoms with Gasteiger partial charge in [0, 0.05) is 17.6 Å². The van der Waals surface area contributed by atoms with Crippen molar-refractivity contribution in [1.82, 2.24) is 0 Å². The summed E-state index contributed by atoms with van der Waals surface area (Å²) in [5, 5.41) is 3.50. The summed E-state index contributed by atoms with van der Waals surface area (Å²) in [4.78, 5) is 11.2. The molecular formula is C15H14ClNO. The molecule has 0 aliphatic carbocycles. The third-order valence-corrected chi connectivity index (χ3v) is 2.85. The topological polar surface area (TPSA) is 29.1 Å². The second-order valence-corrected chi connectivity index (χ2v) is 4.58. The fourth-order valence-corrected chi connectivity index (χ4v) is 2.03. The molecule has 0 radical (unpaired) electrons. The summed E-state index contributed by atoms with van der Waals surface area (Å²) in [7, 11) is 0. The molecule has 0 spiro atoms. The summed E-state index contributed by atoms with van der Waals surface area (Å²) < 4.78 is 0. The fourth-order valence-electron chi connectivity index (χ4n) is 1.84. The van der Waals surface area contributed by atoms with Crippen LogP contribution in [0.4, 0.5) is 5.69 Å². The highest BCUT2D eigenvalue weighted by Crippen LogP contribution is 2.23. The molecule has 92 valence electrons. The average Bonchev–Trinajstić information content (AvgIpc) is 2.33. The first-order valence-electron chi connectivity index (χ1n) is 5.75. The van der Waals surface area contributed by atoms with Crippen LogP contribution in [0.15, 0.2) is 48.5 Å². The van der Waals surface area contributed by atoms with Crippen LogP contribution in [-0.4, -0.2) is 5.91 Å². The van der Waals surface area contributed by atoms with E-state index in [9.17, 15) is 4.79 Å². The lowest BCUT2D eigenvalue weighted by Gasteiger charge is -2.10. The van der Waals surface area contributed by atoms with E-state index in [4.69, 9.17) is 11.6 Å². The highest BCUT2D eigenvalue weighted by molar-refractivity contribution is 6.30. The third kappa shape index (κ3) is 3.34. The van der Waals surface area contributed by atoms with Gasteiger partial charge in [0.2, 0.25) is 5.91 Å². The van der Waals surface area contributed by atoms with Crippen molar-refractivity contribution in [3.05, 3.63) is 64.7 Å². The van der Waals surface area contributed by atoms with Gasteiger partial charge in [0.1, 0.15) is 0 Å². The monoisotopic (exact) mass is 259 g/mol. The van der Waals surface area contributed by atoms with Gasteiger partial charge in [-0.3, -0.25) is 4.79 Å². The van der Waals surface area contributed by atoms with Gasteiger partial charge in [-0.25, -0.2) is 0 Å². The largest absolute Gasteiger partial charge is 0.326 e. The molecule has 0 aliphatic heterocycles. The van der Waals surface area contributed by atoms with Crippen molar-refractivity contribution in [2.24, 2.45) is 0 Å². The van der Waals surface area contributed by atoms with Gasteiger partial charge in [-0.1, -0.05) is 41.9 Å². The van der Waals surface area contributed by atoms with Crippen LogP contribution >= 0.6 is 11.6 Å². The molecule has 1 amide bonds. The van der Waals surface area contributed by atoms with Gasteiger partial charge in [-0.05, 0) is 35.7 Å². The van der Waals surface area contributed by atoms with Crippen molar-refractivity contribution >= 4 is 23.2 Å². The van der Waals surface area contributed by atoms with Gasteiger partial charge < -0.3 is 5.32 Å². The van der Waals surface area contributed by atoms with Crippen LogP contribution < -0.4 is 5.32 Å². The molecule has 2 aromatic carbocycles. The molecule has 0 unspecified atom stereocenters. The van der Waals surface area contributed by atoms with Crippen LogP contribution in [0.3, 0.4) is 0 Å². The van der Waals surface area contributed by atoms with E-state index in [2.05, 4.69) is 17.4 Å². The number of rotatable bonds is 3. The lowest BCUT2D eigenvalue weighted by molar-refractivity contribution is -0.114. The average molecular weight is 260 g/mol. The quantitative estimate of drug-likeness (QED) is 0.890. The van der Waals surface area contributed by atoms with E-state index in [0.29, 0.717) is 5.02 Å². The number of amides is 1. The van der Waals surface area contributed by atoms with E-state index in [1.54, 1.807) is 6.07 Å². The molecule has 0 saturated carbocycles. The summed E-state index contributed by atoms with van der Waals surface area (Å²) >= 11 is 6.01. The van der Waals surface area contributed by atoms with Crippen molar-refractivity contribution in [2.45, 2.75) is 13.3 Å². The number of hydrogen-bond acceptors (Lipinski definition) is 1. The first-order valence-corrected chi connectivity index (χ1v) is 6.13. The highest BCUT2D eigenvalue weighted by Gasteiger charge is 2.06. The Hall–Kier alpha value is -1.80. The smallest absolute Gasteiger partial charge is 0.221 e. The zero-order valence-electron chi connectivity index (χ0n) is 10.1. The van der Waals surface area contributed by atoms with Crippen molar-refractivity contribution in [1.29, 1.82) is 0 Å². The molecule has 0 aliphatic rings. The molecule has 1 N–H and O–H groups in total. The van der Waals surface area contributed by atoms with E-state index in [1.165, 1.54) is 12.5 Å². The maximum absolute atomic E-state index is 11.2. The lowest BCUT2D eigenvalue weighted by atomic mass is 10.0. The van der Waals surface area contributed by atoms with Gasteiger partial charge in [0.15, 0.2) is 0 Å². The number of carbonyl (C=O) groups is 1. The molecule has 0 atom stereocenters. The molecule has 2 rings (SSSR count). The normalized spacial score (nSPS) is 10.1. The van der Waals surface area contributed by atoms with Crippen LogP contribution in [0.25, 0.3) is 0 Å². The minimum Gasteiger partial charge on any atom is -0.326 e. The Morgan fingerprint density at radius 2 is 1.89 bits per heavy atom. The summed E-state index contributed by atoms with van der Waals surface area (Å²) in [6.07, 6.45) is 0.747. The molecule has 2 aromatic rings. The van der Waals surface area contributed by atoms with E-state index < -0.39 is 0 Å². The fraction of sp³-hybridized carbons (Fsp3) is 0.133. The molecule has 3 heteroatoms. The van der Waals surface area contributed by atoms with Crippen LogP contribution in [-0.2, 0) is 11.2 Å². The molecule has 0 fully saturated rings. The number of benzene rings is 2. The van der Waals surface area contributed by atoms with E-state index >= 15 is 0 Å². The molecule has 0 saturated heterocycles. The predicted octanol–water partition coefficient (Wildman–Crippen LogP) is 3.89. The Kier molecular flexibility index (Phi) is 4.00. The Bertz CT molecular complexity index is 552. The number of anilines is 1. The molecule has 0 aromatic heterocycles. The standard InChI is InChI=1S/C15H14ClNO/c1-11(18)17-15-8-7-14(16)10-13(15)9-12-5-3-2-4-6-12/h2-8,10H,9H2,1H3,(H,17,18). The van der Waals surface area contributed by atoms with E-state index in [1.807, 2.05) is 30.3 Å². The zero-order chi connectivity index (χ0) is 13.0. The van der Waals surface area contributed by atoms with Crippen molar-refractivity contribution in [3.8, 4) is 0 Å². The number of hydrogen-bond donors (Lipinski definition) is 1. The van der Waals surface area contributed by atoms with Crippen LogP contribution in [0.5, 0.6) is 0 Å². The SMILES string of the molecule is CC(=O)Nc1ccc(Cl)cc1Cc1ccccc1. The van der Waals surface area contributed by atoms with Crippen LogP contribution in [0, 0.1) is 0 Å². The van der Waals surface area contributed by atoms with E-state index in [0.717, 1.165) is 17.7 Å². The minimum absolute atomic E-state index is 0.0772. The molecular weight excluding hydrogens is 246 g/mol. The van der Waals surface area contributed by atoms with Gasteiger partial charge >= 0.3 is 0 Å².